The van der Waals surface area contributed by atoms with Crippen LogP contribution in [-0.2, 0) is 4.79 Å². The van der Waals surface area contributed by atoms with Crippen molar-refractivity contribution in [1.82, 2.24) is 5.32 Å². The Balaban J connectivity index is 2.10. The summed E-state index contributed by atoms with van der Waals surface area (Å²) in [6.45, 7) is 0.733. The van der Waals surface area contributed by atoms with Gasteiger partial charge in [0.25, 0.3) is 0 Å². The van der Waals surface area contributed by atoms with Gasteiger partial charge in [-0.3, -0.25) is 4.79 Å². The molecule has 1 N–H and O–H groups in total. The van der Waals surface area contributed by atoms with Crippen molar-refractivity contribution in [2.75, 3.05) is 6.54 Å². The summed E-state index contributed by atoms with van der Waals surface area (Å²) in [5.74, 6) is 0.158. The van der Waals surface area contributed by atoms with Gasteiger partial charge in [-0.05, 0) is 29.5 Å². The Bertz CT molecular complexity index is 602. The highest BCUT2D eigenvalue weighted by molar-refractivity contribution is 5.84. The Morgan fingerprint density at radius 3 is 1.90 bits per heavy atom. The van der Waals surface area contributed by atoms with Gasteiger partial charge < -0.3 is 5.32 Å². The van der Waals surface area contributed by atoms with Crippen LogP contribution >= 0.6 is 0 Å². The van der Waals surface area contributed by atoms with Crippen LogP contribution in [0.1, 0.15) is 30.4 Å². The lowest BCUT2D eigenvalue weighted by Crippen LogP contribution is -2.21. The van der Waals surface area contributed by atoms with E-state index in [9.17, 15) is 4.79 Å². The Labute approximate surface area is 125 Å². The van der Waals surface area contributed by atoms with Gasteiger partial charge in [-0.15, -0.1) is 0 Å². The first-order chi connectivity index (χ1) is 10.3. The summed E-state index contributed by atoms with van der Waals surface area (Å²) in [4.78, 5) is 11.6. The third kappa shape index (κ3) is 3.22. The van der Waals surface area contributed by atoms with Crippen molar-refractivity contribution in [1.29, 1.82) is 0 Å². The third-order valence-corrected chi connectivity index (χ3v) is 3.88. The highest BCUT2D eigenvalue weighted by Gasteiger charge is 2.16. The maximum absolute atomic E-state index is 11.6. The molecule has 21 heavy (non-hydrogen) atoms. The number of amides is 1. The SMILES string of the molecule is O=C1CCC(=C(c2ccccc2)c2ccccc2)CCN1. The van der Waals surface area contributed by atoms with Gasteiger partial charge in [0.1, 0.15) is 0 Å². The molecule has 1 aliphatic heterocycles. The largest absolute Gasteiger partial charge is 0.356 e. The van der Waals surface area contributed by atoms with Crippen molar-refractivity contribution in [3.63, 3.8) is 0 Å². The fraction of sp³-hybridized carbons (Fsp3) is 0.211. The van der Waals surface area contributed by atoms with Gasteiger partial charge >= 0.3 is 0 Å². The Morgan fingerprint density at radius 2 is 1.33 bits per heavy atom. The molecule has 1 amide bonds. The van der Waals surface area contributed by atoms with Crippen LogP contribution in [-0.4, -0.2) is 12.5 Å². The van der Waals surface area contributed by atoms with Crippen LogP contribution in [0.2, 0.25) is 0 Å². The second kappa shape index (κ2) is 6.40. The minimum absolute atomic E-state index is 0.158. The highest BCUT2D eigenvalue weighted by atomic mass is 16.1. The molecule has 0 saturated carbocycles. The van der Waals surface area contributed by atoms with Crippen molar-refractivity contribution in [2.45, 2.75) is 19.3 Å². The highest BCUT2D eigenvalue weighted by Crippen LogP contribution is 2.31. The first-order valence-corrected chi connectivity index (χ1v) is 7.44. The smallest absolute Gasteiger partial charge is 0.220 e. The first-order valence-electron chi connectivity index (χ1n) is 7.44. The average Bonchev–Trinajstić information content (AvgIpc) is 2.75. The fourth-order valence-electron chi connectivity index (χ4n) is 2.87. The topological polar surface area (TPSA) is 29.1 Å². The summed E-state index contributed by atoms with van der Waals surface area (Å²) in [5.41, 5.74) is 5.11. The molecule has 2 aromatic carbocycles. The van der Waals surface area contributed by atoms with E-state index in [1.807, 2.05) is 12.1 Å². The molecule has 1 aliphatic rings. The molecule has 0 aromatic heterocycles. The van der Waals surface area contributed by atoms with E-state index in [1.165, 1.54) is 22.3 Å². The van der Waals surface area contributed by atoms with Gasteiger partial charge in [0, 0.05) is 13.0 Å². The normalized spacial score (nSPS) is 15.2. The summed E-state index contributed by atoms with van der Waals surface area (Å²) in [7, 11) is 0. The molecular weight excluding hydrogens is 258 g/mol. The van der Waals surface area contributed by atoms with Crippen molar-refractivity contribution in [3.05, 3.63) is 77.4 Å². The second-order valence-corrected chi connectivity index (χ2v) is 5.31. The molecule has 2 aromatic rings. The number of benzene rings is 2. The minimum atomic E-state index is 0.158. The van der Waals surface area contributed by atoms with Gasteiger partial charge in [-0.2, -0.15) is 0 Å². The Morgan fingerprint density at radius 1 is 0.762 bits per heavy atom. The molecular formula is C19H19NO. The number of carbonyl (C=O) groups excluding carboxylic acids is 1. The van der Waals surface area contributed by atoms with Gasteiger partial charge in [0.15, 0.2) is 0 Å². The second-order valence-electron chi connectivity index (χ2n) is 5.31. The molecule has 0 aliphatic carbocycles. The molecule has 3 rings (SSSR count). The van der Waals surface area contributed by atoms with E-state index in [4.69, 9.17) is 0 Å². The molecule has 1 saturated heterocycles. The van der Waals surface area contributed by atoms with Crippen LogP contribution < -0.4 is 5.32 Å². The number of rotatable bonds is 2. The van der Waals surface area contributed by atoms with Crippen LogP contribution in [0.5, 0.6) is 0 Å². The van der Waals surface area contributed by atoms with Crippen LogP contribution in [0.4, 0.5) is 0 Å². The lowest BCUT2D eigenvalue weighted by molar-refractivity contribution is -0.120. The Kier molecular flexibility index (Phi) is 4.15. The molecule has 0 radical (unpaired) electrons. The third-order valence-electron chi connectivity index (χ3n) is 3.88. The molecule has 1 heterocycles. The zero-order valence-electron chi connectivity index (χ0n) is 12.0. The monoisotopic (exact) mass is 277 g/mol. The quantitative estimate of drug-likeness (QED) is 0.889. The van der Waals surface area contributed by atoms with E-state index >= 15 is 0 Å². The molecule has 1 fully saturated rings. The van der Waals surface area contributed by atoms with Crippen molar-refractivity contribution >= 4 is 11.5 Å². The van der Waals surface area contributed by atoms with Crippen LogP contribution in [0, 0.1) is 0 Å². The van der Waals surface area contributed by atoms with E-state index in [-0.39, 0.29) is 5.91 Å². The van der Waals surface area contributed by atoms with Crippen LogP contribution in [0.25, 0.3) is 5.57 Å². The number of hydrogen-bond acceptors (Lipinski definition) is 1. The maximum atomic E-state index is 11.6. The van der Waals surface area contributed by atoms with Crippen LogP contribution in [0.3, 0.4) is 0 Å². The van der Waals surface area contributed by atoms with E-state index in [2.05, 4.69) is 53.8 Å². The molecule has 0 unspecified atom stereocenters. The first kappa shape index (κ1) is 13.6. The molecule has 106 valence electrons. The molecule has 0 bridgehead atoms. The van der Waals surface area contributed by atoms with Crippen molar-refractivity contribution < 1.29 is 4.79 Å². The lowest BCUT2D eigenvalue weighted by atomic mass is 9.90. The summed E-state index contributed by atoms with van der Waals surface area (Å²) in [6, 6.07) is 20.9. The van der Waals surface area contributed by atoms with E-state index < -0.39 is 0 Å². The zero-order chi connectivity index (χ0) is 14.5. The maximum Gasteiger partial charge on any atom is 0.220 e. The number of carbonyl (C=O) groups is 1. The molecule has 0 spiro atoms. The number of nitrogens with one attached hydrogen (secondary N) is 1. The lowest BCUT2D eigenvalue weighted by Gasteiger charge is -2.14. The summed E-state index contributed by atoms with van der Waals surface area (Å²) >= 11 is 0. The van der Waals surface area contributed by atoms with Gasteiger partial charge in [-0.25, -0.2) is 0 Å². The van der Waals surface area contributed by atoms with Crippen molar-refractivity contribution in [2.24, 2.45) is 0 Å². The average molecular weight is 277 g/mol. The van der Waals surface area contributed by atoms with Crippen molar-refractivity contribution in [3.8, 4) is 0 Å². The van der Waals surface area contributed by atoms with Gasteiger partial charge in [-0.1, -0.05) is 66.2 Å². The summed E-state index contributed by atoms with van der Waals surface area (Å²) in [6.07, 6.45) is 2.34. The van der Waals surface area contributed by atoms with Gasteiger partial charge in [0.05, 0.1) is 0 Å². The number of hydrogen-bond donors (Lipinski definition) is 1. The van der Waals surface area contributed by atoms with E-state index in [0.717, 1.165) is 19.4 Å². The van der Waals surface area contributed by atoms with E-state index in [0.29, 0.717) is 6.42 Å². The molecule has 2 nitrogen and oxygen atoms in total. The fourth-order valence-corrected chi connectivity index (χ4v) is 2.87. The Hall–Kier alpha value is -2.35. The van der Waals surface area contributed by atoms with Crippen LogP contribution in [0.15, 0.2) is 66.2 Å². The predicted molar refractivity (Wildman–Crippen MR) is 85.8 cm³/mol. The molecule has 0 atom stereocenters. The summed E-state index contributed by atoms with van der Waals surface area (Å²) < 4.78 is 0. The van der Waals surface area contributed by atoms with E-state index in [1.54, 1.807) is 0 Å². The molecule has 2 heteroatoms. The minimum Gasteiger partial charge on any atom is -0.356 e. The predicted octanol–water partition coefficient (Wildman–Crippen LogP) is 3.79. The standard InChI is InChI=1S/C19H19NO/c21-18-12-11-17(13-14-20-18)19(15-7-3-1-4-8-15)16-9-5-2-6-10-16/h1-10H,11-14H2,(H,20,21). The zero-order valence-corrected chi connectivity index (χ0v) is 12.0. The van der Waals surface area contributed by atoms with Gasteiger partial charge in [0.2, 0.25) is 5.91 Å². The summed E-state index contributed by atoms with van der Waals surface area (Å²) in [5, 5.41) is 2.96.